The Morgan fingerprint density at radius 2 is 2.03 bits per heavy atom. The van der Waals surface area contributed by atoms with Gasteiger partial charge in [-0.1, -0.05) is 29.3 Å². The zero-order valence-electron chi connectivity index (χ0n) is 17.0. The molecule has 4 rings (SSSR count). The maximum atomic E-state index is 12.9. The van der Waals surface area contributed by atoms with Crippen molar-refractivity contribution in [1.29, 1.82) is 0 Å². The van der Waals surface area contributed by atoms with Crippen LogP contribution in [0.3, 0.4) is 0 Å². The molecular weight excluding hydrogens is 425 g/mol. The van der Waals surface area contributed by atoms with E-state index in [1.54, 1.807) is 17.0 Å². The number of hydrogen-bond donors (Lipinski definition) is 2. The van der Waals surface area contributed by atoms with Crippen molar-refractivity contribution < 1.29 is 9.53 Å². The predicted octanol–water partition coefficient (Wildman–Crippen LogP) is 4.33. The third-order valence-electron chi connectivity index (χ3n) is 5.74. The van der Waals surface area contributed by atoms with Gasteiger partial charge in [0.05, 0.1) is 27.8 Å². The molecule has 0 aliphatic carbocycles. The summed E-state index contributed by atoms with van der Waals surface area (Å²) in [5.41, 5.74) is 2.21. The van der Waals surface area contributed by atoms with E-state index in [1.165, 1.54) is 0 Å². The molecule has 7 nitrogen and oxygen atoms in total. The van der Waals surface area contributed by atoms with E-state index in [1.807, 2.05) is 26.1 Å². The molecule has 2 N–H and O–H groups in total. The van der Waals surface area contributed by atoms with Gasteiger partial charge in [-0.2, -0.15) is 0 Å². The van der Waals surface area contributed by atoms with Gasteiger partial charge in [0.2, 0.25) is 5.95 Å². The number of urea groups is 1. The lowest BCUT2D eigenvalue weighted by Gasteiger charge is -2.32. The Labute approximate surface area is 186 Å². The van der Waals surface area contributed by atoms with Crippen LogP contribution in [-0.2, 0) is 23.4 Å². The second kappa shape index (κ2) is 8.57. The van der Waals surface area contributed by atoms with Crippen molar-refractivity contribution in [3.05, 3.63) is 51.3 Å². The molecule has 2 aromatic rings. The first-order valence-electron chi connectivity index (χ1n) is 10.0. The number of carbonyl (C=O) groups is 1. The molecule has 0 bridgehead atoms. The molecule has 1 aromatic heterocycles. The summed E-state index contributed by atoms with van der Waals surface area (Å²) in [7, 11) is 0. The van der Waals surface area contributed by atoms with Crippen molar-refractivity contribution in [2.24, 2.45) is 0 Å². The summed E-state index contributed by atoms with van der Waals surface area (Å²) < 4.78 is 5.40. The van der Waals surface area contributed by atoms with Gasteiger partial charge >= 0.3 is 6.03 Å². The van der Waals surface area contributed by atoms with Crippen molar-refractivity contribution in [1.82, 2.24) is 20.2 Å². The molecule has 2 aliphatic rings. The number of nitrogens with one attached hydrogen (secondary N) is 2. The minimum atomic E-state index is -0.506. The van der Waals surface area contributed by atoms with Crippen molar-refractivity contribution in [2.75, 3.05) is 18.5 Å². The van der Waals surface area contributed by atoms with E-state index in [2.05, 4.69) is 15.6 Å². The smallest absolute Gasteiger partial charge is 0.318 e. The van der Waals surface area contributed by atoms with Crippen molar-refractivity contribution in [3.8, 4) is 0 Å². The molecule has 30 heavy (non-hydrogen) atoms. The summed E-state index contributed by atoms with van der Waals surface area (Å²) in [6, 6.07) is 5.48. The third kappa shape index (κ3) is 4.33. The second-order valence-corrected chi connectivity index (χ2v) is 8.95. The summed E-state index contributed by atoms with van der Waals surface area (Å²) >= 11 is 12.0. The van der Waals surface area contributed by atoms with Crippen LogP contribution >= 0.6 is 23.2 Å². The fraction of sp³-hybridized carbons (Fsp3) is 0.476. The van der Waals surface area contributed by atoms with Crippen LogP contribution in [0.15, 0.2) is 24.4 Å². The molecule has 0 unspecified atom stereocenters. The lowest BCUT2D eigenvalue weighted by Crippen LogP contribution is -2.45. The molecule has 2 amide bonds. The summed E-state index contributed by atoms with van der Waals surface area (Å²) in [5, 5.41) is 7.32. The molecule has 0 saturated carbocycles. The normalized spacial score (nSPS) is 18.2. The Bertz CT molecular complexity index is 947. The number of aromatic nitrogens is 2. The van der Waals surface area contributed by atoms with Crippen LogP contribution in [0.5, 0.6) is 0 Å². The van der Waals surface area contributed by atoms with Gasteiger partial charge in [-0.3, -0.25) is 0 Å². The Morgan fingerprint density at radius 1 is 1.27 bits per heavy atom. The Hall–Kier alpha value is -2.09. The number of hydrogen-bond acceptors (Lipinski definition) is 5. The number of carbonyl (C=O) groups excluding carboxylic acids is 1. The van der Waals surface area contributed by atoms with E-state index < -0.39 is 5.54 Å². The second-order valence-electron chi connectivity index (χ2n) is 8.14. The van der Waals surface area contributed by atoms with Crippen LogP contribution in [0.4, 0.5) is 10.7 Å². The summed E-state index contributed by atoms with van der Waals surface area (Å²) in [6.07, 6.45) is 3.71. The van der Waals surface area contributed by atoms with Gasteiger partial charge in [-0.05, 0) is 44.4 Å². The van der Waals surface area contributed by atoms with Crippen LogP contribution < -0.4 is 10.6 Å². The number of fused-ring (bicyclic) bond motifs is 1. The quantitative estimate of drug-likeness (QED) is 0.725. The number of ether oxygens (including phenoxy) is 1. The summed E-state index contributed by atoms with van der Waals surface area (Å²) in [4.78, 5) is 23.9. The molecule has 0 atom stereocenters. The molecule has 9 heteroatoms. The largest absolute Gasteiger partial charge is 0.381 e. The molecule has 0 spiro atoms. The van der Waals surface area contributed by atoms with Crippen LogP contribution in [0.2, 0.25) is 10.0 Å². The first-order chi connectivity index (χ1) is 14.3. The third-order valence-corrected chi connectivity index (χ3v) is 6.48. The maximum Gasteiger partial charge on any atom is 0.318 e. The topological polar surface area (TPSA) is 79.4 Å². The number of anilines is 1. The van der Waals surface area contributed by atoms with Gasteiger partial charge in [0.1, 0.15) is 0 Å². The number of nitrogens with zero attached hydrogens (tertiary/aromatic N) is 3. The van der Waals surface area contributed by atoms with Crippen molar-refractivity contribution in [3.63, 3.8) is 0 Å². The zero-order chi connectivity index (χ0) is 21.3. The fourth-order valence-corrected chi connectivity index (χ4v) is 4.20. The Kier molecular flexibility index (Phi) is 6.04. The van der Waals surface area contributed by atoms with Crippen LogP contribution in [0.1, 0.15) is 43.5 Å². The Morgan fingerprint density at radius 3 is 2.77 bits per heavy atom. The predicted molar refractivity (Wildman–Crippen MR) is 117 cm³/mol. The lowest BCUT2D eigenvalue weighted by atomic mass is 9.97. The lowest BCUT2D eigenvalue weighted by molar-refractivity contribution is 0.0903. The highest BCUT2D eigenvalue weighted by Gasteiger charge is 2.41. The van der Waals surface area contributed by atoms with Gasteiger partial charge in [0, 0.05) is 37.6 Å². The SMILES string of the molecule is CC1(C)c2cnc(NC3CCOCC3)nc2CN1C(=O)NCc1ccc(Cl)c(Cl)c1. The van der Waals surface area contributed by atoms with Gasteiger partial charge in [-0.15, -0.1) is 0 Å². The average Bonchev–Trinajstić information content (AvgIpc) is 2.99. The number of amides is 2. The zero-order valence-corrected chi connectivity index (χ0v) is 18.6. The number of halogens is 2. The van der Waals surface area contributed by atoms with E-state index in [0.29, 0.717) is 35.1 Å². The number of benzene rings is 1. The van der Waals surface area contributed by atoms with Gasteiger partial charge in [0.15, 0.2) is 0 Å². The molecular formula is C21H25Cl2N5O2. The maximum absolute atomic E-state index is 12.9. The first kappa shape index (κ1) is 21.2. The molecule has 1 saturated heterocycles. The van der Waals surface area contributed by atoms with E-state index in [9.17, 15) is 4.79 Å². The molecule has 2 aliphatic heterocycles. The molecule has 1 fully saturated rings. The summed E-state index contributed by atoms with van der Waals surface area (Å²) in [6.45, 7) is 6.31. The molecule has 160 valence electrons. The van der Waals surface area contributed by atoms with E-state index >= 15 is 0 Å². The molecule has 0 radical (unpaired) electrons. The minimum absolute atomic E-state index is 0.164. The van der Waals surface area contributed by atoms with Gasteiger partial charge in [-0.25, -0.2) is 14.8 Å². The minimum Gasteiger partial charge on any atom is -0.381 e. The highest BCUT2D eigenvalue weighted by Crippen LogP contribution is 2.38. The highest BCUT2D eigenvalue weighted by molar-refractivity contribution is 6.42. The monoisotopic (exact) mass is 449 g/mol. The molecule has 1 aromatic carbocycles. The van der Waals surface area contributed by atoms with Gasteiger partial charge < -0.3 is 20.3 Å². The standard InChI is InChI=1S/C21H25Cl2N5O2/c1-21(2)15-11-24-19(26-14-5-7-30-8-6-14)27-18(15)12-28(21)20(29)25-10-13-3-4-16(22)17(23)9-13/h3-4,9,11,14H,5-8,10,12H2,1-2H3,(H,25,29)(H,24,26,27). The van der Waals surface area contributed by atoms with E-state index in [0.717, 1.165) is 42.9 Å². The van der Waals surface area contributed by atoms with E-state index in [-0.39, 0.29) is 6.03 Å². The average molecular weight is 450 g/mol. The fourth-order valence-electron chi connectivity index (χ4n) is 3.88. The Balaban J connectivity index is 1.43. The van der Waals surface area contributed by atoms with Crippen LogP contribution in [0.25, 0.3) is 0 Å². The number of rotatable bonds is 4. The van der Waals surface area contributed by atoms with Crippen molar-refractivity contribution >= 4 is 35.2 Å². The summed E-state index contributed by atoms with van der Waals surface area (Å²) in [5.74, 6) is 0.606. The van der Waals surface area contributed by atoms with Crippen LogP contribution in [-0.4, -0.2) is 40.2 Å². The van der Waals surface area contributed by atoms with Crippen molar-refractivity contribution in [2.45, 2.75) is 51.4 Å². The van der Waals surface area contributed by atoms with E-state index in [4.69, 9.17) is 32.9 Å². The first-order valence-corrected chi connectivity index (χ1v) is 10.8. The highest BCUT2D eigenvalue weighted by atomic mass is 35.5. The van der Waals surface area contributed by atoms with Crippen LogP contribution in [0, 0.1) is 0 Å². The van der Waals surface area contributed by atoms with Gasteiger partial charge in [0.25, 0.3) is 0 Å². The molecule has 3 heterocycles.